The predicted molar refractivity (Wildman–Crippen MR) is 116 cm³/mol. The molecule has 0 unspecified atom stereocenters. The summed E-state index contributed by atoms with van der Waals surface area (Å²) in [5.74, 6) is -1.03. The average molecular weight is 443 g/mol. The molecule has 0 aliphatic carbocycles. The van der Waals surface area contributed by atoms with Crippen LogP contribution in [-0.4, -0.2) is 34.7 Å². The van der Waals surface area contributed by atoms with Crippen molar-refractivity contribution < 1.29 is 28.2 Å². The highest BCUT2D eigenvalue weighted by Gasteiger charge is 2.36. The molecule has 1 fully saturated rings. The lowest BCUT2D eigenvalue weighted by atomic mass is 10.2. The van der Waals surface area contributed by atoms with Crippen LogP contribution in [0.15, 0.2) is 53.4 Å². The normalized spacial score (nSPS) is 16.0. The van der Waals surface area contributed by atoms with Gasteiger partial charge in [-0.15, -0.1) is 0 Å². The summed E-state index contributed by atoms with van der Waals surface area (Å²) in [7, 11) is 0. The molecule has 2 aromatic rings. The number of rotatable bonds is 8. The molecule has 3 rings (SSSR count). The number of thioether (sulfide) groups is 1. The van der Waals surface area contributed by atoms with Crippen molar-refractivity contribution in [3.63, 3.8) is 0 Å². The van der Waals surface area contributed by atoms with E-state index in [4.69, 9.17) is 9.47 Å². The Hall–Kier alpha value is -3.13. The number of amides is 2. The fourth-order valence-corrected chi connectivity index (χ4v) is 3.57. The monoisotopic (exact) mass is 443 g/mol. The van der Waals surface area contributed by atoms with E-state index in [0.29, 0.717) is 23.3 Å². The summed E-state index contributed by atoms with van der Waals surface area (Å²) in [6.07, 6.45) is 1.92. The number of esters is 1. The summed E-state index contributed by atoms with van der Waals surface area (Å²) in [5, 5.41) is -0.524. The highest BCUT2D eigenvalue weighted by Crippen LogP contribution is 2.32. The summed E-state index contributed by atoms with van der Waals surface area (Å²) >= 11 is 0.762. The minimum Gasteiger partial charge on any atom is -0.489 e. The Labute approximate surface area is 184 Å². The van der Waals surface area contributed by atoms with Crippen LogP contribution in [0, 0.1) is 5.82 Å². The Morgan fingerprint density at radius 2 is 1.97 bits per heavy atom. The lowest BCUT2D eigenvalue weighted by Gasteiger charge is -2.14. The molecule has 0 spiro atoms. The molecule has 1 aliphatic rings. The molecule has 1 aliphatic heterocycles. The van der Waals surface area contributed by atoms with E-state index in [9.17, 15) is 18.8 Å². The van der Waals surface area contributed by atoms with E-state index in [0.717, 1.165) is 16.7 Å². The minimum atomic E-state index is -0.624. The molecule has 2 aromatic carbocycles. The maximum absolute atomic E-state index is 13.7. The van der Waals surface area contributed by atoms with Crippen LogP contribution in [0.25, 0.3) is 6.08 Å². The Balaban J connectivity index is 1.67. The second-order valence-corrected chi connectivity index (χ2v) is 7.92. The zero-order valence-corrected chi connectivity index (χ0v) is 18.0. The van der Waals surface area contributed by atoms with Crippen LogP contribution in [0.1, 0.15) is 31.4 Å². The van der Waals surface area contributed by atoms with Crippen LogP contribution >= 0.6 is 11.8 Å². The number of imide groups is 1. The van der Waals surface area contributed by atoms with Gasteiger partial charge in [0.15, 0.2) is 0 Å². The Kier molecular flexibility index (Phi) is 7.46. The molecular formula is C23H22FNO5S. The molecule has 0 N–H and O–H groups in total. The first-order valence-corrected chi connectivity index (χ1v) is 10.6. The fourth-order valence-electron chi connectivity index (χ4n) is 2.73. The zero-order valence-electron chi connectivity index (χ0n) is 17.2. The first-order chi connectivity index (χ1) is 14.9. The molecule has 1 saturated heterocycles. The number of carbonyl (C=O) groups excluding carboxylic acids is 3. The lowest BCUT2D eigenvalue weighted by molar-refractivity contribution is -0.150. The summed E-state index contributed by atoms with van der Waals surface area (Å²) in [5.41, 5.74) is 1.07. The van der Waals surface area contributed by atoms with Crippen LogP contribution in [0.4, 0.5) is 9.18 Å². The number of nitrogens with zero attached hydrogens (tertiary/aromatic N) is 1. The van der Waals surface area contributed by atoms with Crippen molar-refractivity contribution in [3.8, 4) is 5.75 Å². The van der Waals surface area contributed by atoms with Crippen molar-refractivity contribution in [2.45, 2.75) is 33.0 Å². The third-order valence-corrected chi connectivity index (χ3v) is 5.48. The topological polar surface area (TPSA) is 72.9 Å². The zero-order chi connectivity index (χ0) is 22.4. The largest absolute Gasteiger partial charge is 0.489 e. The molecule has 0 bridgehead atoms. The molecule has 1 atom stereocenters. The van der Waals surface area contributed by atoms with Crippen molar-refractivity contribution in [1.29, 1.82) is 0 Å². The molecule has 1 heterocycles. The van der Waals surface area contributed by atoms with Crippen LogP contribution in [0.2, 0.25) is 0 Å². The fraction of sp³-hybridized carbons (Fsp3) is 0.261. The Morgan fingerprint density at radius 1 is 1.19 bits per heavy atom. The second-order valence-electron chi connectivity index (χ2n) is 6.93. The van der Waals surface area contributed by atoms with E-state index in [1.54, 1.807) is 55.5 Å². The first kappa shape index (κ1) is 22.6. The molecule has 31 heavy (non-hydrogen) atoms. The smallest absolute Gasteiger partial charge is 0.326 e. The van der Waals surface area contributed by atoms with Gasteiger partial charge < -0.3 is 9.47 Å². The second kappa shape index (κ2) is 10.3. The SMILES string of the molecule is CC[C@@H](C)OC(=O)CN1C(=O)S/C(=C/c2cccc(OCc3ccccc3F)c2)C1=O. The van der Waals surface area contributed by atoms with Gasteiger partial charge in [0.25, 0.3) is 11.1 Å². The number of halogens is 1. The van der Waals surface area contributed by atoms with Gasteiger partial charge in [-0.3, -0.25) is 19.3 Å². The van der Waals surface area contributed by atoms with Gasteiger partial charge in [0.05, 0.1) is 11.0 Å². The van der Waals surface area contributed by atoms with Gasteiger partial charge in [-0.25, -0.2) is 4.39 Å². The number of carbonyl (C=O) groups is 3. The van der Waals surface area contributed by atoms with Crippen LogP contribution < -0.4 is 4.74 Å². The first-order valence-electron chi connectivity index (χ1n) is 9.78. The predicted octanol–water partition coefficient (Wildman–Crippen LogP) is 4.78. The van der Waals surface area contributed by atoms with Crippen LogP contribution in [-0.2, 0) is 20.9 Å². The van der Waals surface area contributed by atoms with E-state index in [1.165, 1.54) is 6.07 Å². The van der Waals surface area contributed by atoms with E-state index in [1.807, 2.05) is 6.92 Å². The molecular weight excluding hydrogens is 421 g/mol. The lowest BCUT2D eigenvalue weighted by Crippen LogP contribution is -2.35. The maximum atomic E-state index is 13.7. The number of hydrogen-bond acceptors (Lipinski definition) is 6. The van der Waals surface area contributed by atoms with Gasteiger partial charge in [-0.05, 0) is 54.9 Å². The highest BCUT2D eigenvalue weighted by molar-refractivity contribution is 8.18. The third kappa shape index (κ3) is 5.95. The summed E-state index contributed by atoms with van der Waals surface area (Å²) < 4.78 is 24.5. The highest BCUT2D eigenvalue weighted by atomic mass is 32.2. The van der Waals surface area contributed by atoms with Crippen molar-refractivity contribution >= 4 is 35.0 Å². The molecule has 8 heteroatoms. The van der Waals surface area contributed by atoms with Gasteiger partial charge in [-0.1, -0.05) is 37.3 Å². The van der Waals surface area contributed by atoms with Gasteiger partial charge >= 0.3 is 5.97 Å². The van der Waals surface area contributed by atoms with Gasteiger partial charge in [0.2, 0.25) is 0 Å². The molecule has 162 valence electrons. The molecule has 0 saturated carbocycles. The molecule has 0 radical (unpaired) electrons. The standard InChI is InChI=1S/C23H22FNO5S/c1-3-15(2)30-21(26)13-25-22(27)20(31-23(25)28)12-16-7-6-9-18(11-16)29-14-17-8-4-5-10-19(17)24/h4-12,15H,3,13-14H2,1-2H3/b20-12+/t15-/m1/s1. The van der Waals surface area contributed by atoms with Gasteiger partial charge in [0.1, 0.15) is 24.7 Å². The Bertz CT molecular complexity index is 1020. The van der Waals surface area contributed by atoms with Crippen molar-refractivity contribution in [1.82, 2.24) is 4.90 Å². The quantitative estimate of drug-likeness (QED) is 0.432. The Morgan fingerprint density at radius 3 is 2.71 bits per heavy atom. The van der Waals surface area contributed by atoms with E-state index in [-0.39, 0.29) is 23.4 Å². The van der Waals surface area contributed by atoms with Crippen LogP contribution in [0.3, 0.4) is 0 Å². The molecule has 0 aromatic heterocycles. The van der Waals surface area contributed by atoms with E-state index in [2.05, 4.69) is 0 Å². The van der Waals surface area contributed by atoms with Crippen molar-refractivity contribution in [2.24, 2.45) is 0 Å². The van der Waals surface area contributed by atoms with Crippen LogP contribution in [0.5, 0.6) is 5.75 Å². The number of hydrogen-bond donors (Lipinski definition) is 0. The number of benzene rings is 2. The van der Waals surface area contributed by atoms with E-state index >= 15 is 0 Å². The number of ether oxygens (including phenoxy) is 2. The summed E-state index contributed by atoms with van der Waals surface area (Å²) in [4.78, 5) is 37.8. The van der Waals surface area contributed by atoms with E-state index < -0.39 is 23.7 Å². The van der Waals surface area contributed by atoms with Gasteiger partial charge in [0, 0.05) is 5.56 Å². The minimum absolute atomic E-state index is 0.0605. The van der Waals surface area contributed by atoms with Crippen molar-refractivity contribution in [3.05, 3.63) is 70.4 Å². The molecule has 6 nitrogen and oxygen atoms in total. The maximum Gasteiger partial charge on any atom is 0.326 e. The van der Waals surface area contributed by atoms with Crippen molar-refractivity contribution in [2.75, 3.05) is 6.54 Å². The molecule has 2 amide bonds. The average Bonchev–Trinajstić information content (AvgIpc) is 3.00. The van der Waals surface area contributed by atoms with Gasteiger partial charge in [-0.2, -0.15) is 0 Å². The summed E-state index contributed by atoms with van der Waals surface area (Å²) in [6.45, 7) is 3.25. The summed E-state index contributed by atoms with van der Waals surface area (Å²) in [6, 6.07) is 13.2. The third-order valence-electron chi connectivity index (χ3n) is 4.58.